The number of rotatable bonds is 9. The van der Waals surface area contributed by atoms with Gasteiger partial charge in [0.25, 0.3) is 0 Å². The lowest BCUT2D eigenvalue weighted by atomic mass is 10.1. The number of aliphatic hydroxyl groups excluding tert-OH is 1. The average Bonchev–Trinajstić information content (AvgIpc) is 2.43. The molecule has 3 unspecified atom stereocenters. The summed E-state index contributed by atoms with van der Waals surface area (Å²) in [4.78, 5) is 0. The summed E-state index contributed by atoms with van der Waals surface area (Å²) in [5.74, 6) is 0.670. The van der Waals surface area contributed by atoms with Gasteiger partial charge in [0.15, 0.2) is 0 Å². The molecule has 1 rings (SSSR count). The number of hydrogen-bond acceptors (Lipinski definition) is 5. The van der Waals surface area contributed by atoms with Gasteiger partial charge in [-0.25, -0.2) is 0 Å². The van der Waals surface area contributed by atoms with E-state index >= 15 is 0 Å². The molecular formula is C15H24BrNO4. The molecule has 0 saturated carbocycles. The summed E-state index contributed by atoms with van der Waals surface area (Å²) in [6, 6.07) is 5.54. The molecule has 0 spiro atoms. The van der Waals surface area contributed by atoms with Gasteiger partial charge in [0.2, 0.25) is 0 Å². The number of methoxy groups -OCH3 is 1. The summed E-state index contributed by atoms with van der Waals surface area (Å²) >= 11 is 3.40. The van der Waals surface area contributed by atoms with Crippen LogP contribution in [0.5, 0.6) is 5.75 Å². The van der Waals surface area contributed by atoms with Gasteiger partial charge in [0.1, 0.15) is 18.5 Å². The summed E-state index contributed by atoms with van der Waals surface area (Å²) < 4.78 is 17.0. The Balaban J connectivity index is 2.49. The Kier molecular flexibility index (Phi) is 8.21. The molecule has 120 valence electrons. The first kappa shape index (κ1) is 18.4. The first-order valence-electron chi connectivity index (χ1n) is 6.90. The van der Waals surface area contributed by atoms with E-state index in [4.69, 9.17) is 19.9 Å². The SMILES string of the molecule is COCC(C)OCC(O)COc1cc(Br)ccc1C(C)N. The second kappa shape index (κ2) is 9.38. The lowest BCUT2D eigenvalue weighted by Crippen LogP contribution is -2.27. The first-order chi connectivity index (χ1) is 9.93. The molecule has 0 fully saturated rings. The highest BCUT2D eigenvalue weighted by atomic mass is 79.9. The summed E-state index contributed by atoms with van der Waals surface area (Å²) in [5, 5.41) is 9.89. The molecule has 6 heteroatoms. The van der Waals surface area contributed by atoms with Gasteiger partial charge in [-0.2, -0.15) is 0 Å². The Hall–Kier alpha value is -0.660. The van der Waals surface area contributed by atoms with Crippen molar-refractivity contribution in [3.63, 3.8) is 0 Å². The van der Waals surface area contributed by atoms with Crippen LogP contribution in [0.15, 0.2) is 22.7 Å². The van der Waals surface area contributed by atoms with Crippen LogP contribution in [0, 0.1) is 0 Å². The zero-order chi connectivity index (χ0) is 15.8. The number of ether oxygens (including phenoxy) is 3. The van der Waals surface area contributed by atoms with Crippen LogP contribution in [0.4, 0.5) is 0 Å². The van der Waals surface area contributed by atoms with E-state index in [-0.39, 0.29) is 25.4 Å². The Morgan fingerprint density at radius 2 is 1.95 bits per heavy atom. The Morgan fingerprint density at radius 3 is 2.57 bits per heavy atom. The molecule has 0 aliphatic rings. The molecule has 21 heavy (non-hydrogen) atoms. The van der Waals surface area contributed by atoms with Crippen molar-refractivity contribution in [1.29, 1.82) is 0 Å². The monoisotopic (exact) mass is 361 g/mol. The van der Waals surface area contributed by atoms with E-state index in [0.717, 1.165) is 10.0 Å². The maximum Gasteiger partial charge on any atom is 0.125 e. The quantitative estimate of drug-likeness (QED) is 0.705. The van der Waals surface area contributed by atoms with E-state index < -0.39 is 6.10 Å². The van der Waals surface area contributed by atoms with Crippen LogP contribution in [0.3, 0.4) is 0 Å². The first-order valence-corrected chi connectivity index (χ1v) is 7.69. The van der Waals surface area contributed by atoms with E-state index in [1.54, 1.807) is 7.11 Å². The highest BCUT2D eigenvalue weighted by molar-refractivity contribution is 9.10. The van der Waals surface area contributed by atoms with Crippen LogP contribution in [0.25, 0.3) is 0 Å². The van der Waals surface area contributed by atoms with Crippen LogP contribution in [-0.4, -0.2) is 44.2 Å². The lowest BCUT2D eigenvalue weighted by Gasteiger charge is -2.18. The van der Waals surface area contributed by atoms with Gasteiger partial charge in [0.05, 0.1) is 19.3 Å². The molecule has 1 aromatic carbocycles. The number of aliphatic hydroxyl groups is 1. The van der Waals surface area contributed by atoms with Crippen molar-refractivity contribution in [3.05, 3.63) is 28.2 Å². The molecule has 0 radical (unpaired) electrons. The smallest absolute Gasteiger partial charge is 0.125 e. The van der Waals surface area contributed by atoms with E-state index in [9.17, 15) is 5.11 Å². The van der Waals surface area contributed by atoms with Crippen molar-refractivity contribution in [2.75, 3.05) is 26.9 Å². The second-order valence-corrected chi connectivity index (χ2v) is 5.95. The molecular weight excluding hydrogens is 338 g/mol. The minimum Gasteiger partial charge on any atom is -0.490 e. The van der Waals surface area contributed by atoms with Crippen LogP contribution >= 0.6 is 15.9 Å². The van der Waals surface area contributed by atoms with Crippen LogP contribution < -0.4 is 10.5 Å². The van der Waals surface area contributed by atoms with Crippen molar-refractivity contribution in [2.45, 2.75) is 32.1 Å². The second-order valence-electron chi connectivity index (χ2n) is 5.03. The number of nitrogens with two attached hydrogens (primary N) is 1. The summed E-state index contributed by atoms with van der Waals surface area (Å²) in [6.45, 7) is 4.62. The van der Waals surface area contributed by atoms with E-state index in [2.05, 4.69) is 15.9 Å². The molecule has 0 aliphatic heterocycles. The minimum atomic E-state index is -0.704. The third-order valence-corrected chi connectivity index (χ3v) is 3.37. The third-order valence-electron chi connectivity index (χ3n) is 2.87. The fourth-order valence-electron chi connectivity index (χ4n) is 1.80. The maximum absolute atomic E-state index is 9.89. The molecule has 0 heterocycles. The Morgan fingerprint density at radius 1 is 1.24 bits per heavy atom. The Labute approximate surface area is 134 Å². The molecule has 0 saturated heterocycles. The molecule has 5 nitrogen and oxygen atoms in total. The molecule has 0 aliphatic carbocycles. The van der Waals surface area contributed by atoms with Gasteiger partial charge in [-0.3, -0.25) is 0 Å². The fourth-order valence-corrected chi connectivity index (χ4v) is 2.14. The number of hydrogen-bond donors (Lipinski definition) is 2. The van der Waals surface area contributed by atoms with Crippen molar-refractivity contribution in [2.24, 2.45) is 5.73 Å². The predicted octanol–water partition coefficient (Wildman–Crippen LogP) is 2.26. The van der Waals surface area contributed by atoms with E-state index in [0.29, 0.717) is 12.4 Å². The zero-order valence-electron chi connectivity index (χ0n) is 12.7. The largest absolute Gasteiger partial charge is 0.490 e. The molecule has 1 aromatic rings. The van der Waals surface area contributed by atoms with E-state index in [1.165, 1.54) is 0 Å². The van der Waals surface area contributed by atoms with Gasteiger partial charge >= 0.3 is 0 Å². The average molecular weight is 362 g/mol. The highest BCUT2D eigenvalue weighted by Crippen LogP contribution is 2.27. The number of halogens is 1. The van der Waals surface area contributed by atoms with Crippen molar-refractivity contribution in [1.82, 2.24) is 0 Å². The normalized spacial score (nSPS) is 15.5. The van der Waals surface area contributed by atoms with Crippen LogP contribution in [0.2, 0.25) is 0 Å². The lowest BCUT2D eigenvalue weighted by molar-refractivity contribution is -0.0423. The van der Waals surface area contributed by atoms with Crippen molar-refractivity contribution < 1.29 is 19.3 Å². The molecule has 0 aromatic heterocycles. The van der Waals surface area contributed by atoms with Gasteiger partial charge in [-0.15, -0.1) is 0 Å². The van der Waals surface area contributed by atoms with E-state index in [1.807, 2.05) is 32.0 Å². The molecule has 3 atom stereocenters. The molecule has 0 bridgehead atoms. The summed E-state index contributed by atoms with van der Waals surface area (Å²) in [7, 11) is 1.61. The van der Waals surface area contributed by atoms with Gasteiger partial charge < -0.3 is 25.1 Å². The van der Waals surface area contributed by atoms with Gasteiger partial charge in [-0.05, 0) is 26.0 Å². The third kappa shape index (κ3) is 6.76. The topological polar surface area (TPSA) is 73.9 Å². The zero-order valence-corrected chi connectivity index (χ0v) is 14.3. The van der Waals surface area contributed by atoms with Crippen molar-refractivity contribution in [3.8, 4) is 5.75 Å². The van der Waals surface area contributed by atoms with Gasteiger partial charge in [-0.1, -0.05) is 22.0 Å². The minimum absolute atomic E-state index is 0.0601. The standard InChI is InChI=1S/C15H24BrNO4/c1-10(7-19-3)20-8-13(18)9-21-15-6-12(16)4-5-14(15)11(2)17/h4-6,10-11,13,18H,7-9,17H2,1-3H3. The summed E-state index contributed by atoms with van der Waals surface area (Å²) in [6.07, 6.45) is -0.764. The number of benzene rings is 1. The predicted molar refractivity (Wildman–Crippen MR) is 85.5 cm³/mol. The highest BCUT2D eigenvalue weighted by Gasteiger charge is 2.12. The molecule has 3 N–H and O–H groups in total. The maximum atomic E-state index is 9.89. The molecule has 0 amide bonds. The van der Waals surface area contributed by atoms with Crippen molar-refractivity contribution >= 4 is 15.9 Å². The van der Waals surface area contributed by atoms with Crippen LogP contribution in [-0.2, 0) is 9.47 Å². The van der Waals surface area contributed by atoms with Gasteiger partial charge in [0, 0.05) is 23.2 Å². The Bertz CT molecular complexity index is 428. The summed E-state index contributed by atoms with van der Waals surface area (Å²) in [5.41, 5.74) is 6.81. The van der Waals surface area contributed by atoms with Crippen LogP contribution in [0.1, 0.15) is 25.5 Å². The fraction of sp³-hybridized carbons (Fsp3) is 0.600.